The third kappa shape index (κ3) is 27.8. The highest BCUT2D eigenvalue weighted by Gasteiger charge is 1.98. The minimum absolute atomic E-state index is 0.165. The zero-order chi connectivity index (χ0) is 17.6. The van der Waals surface area contributed by atoms with Crippen LogP contribution in [0, 0.1) is 12.3 Å². The number of unbranched alkanes of at least 4 members (excludes halogenated alkanes) is 14. The Labute approximate surface area is 163 Å². The molecule has 0 saturated heterocycles. The molecule has 0 aromatic carbocycles. The second-order valence-corrected chi connectivity index (χ2v) is 7.36. The number of hydrogen-bond acceptors (Lipinski definition) is 0. The predicted molar refractivity (Wildman–Crippen MR) is 114 cm³/mol. The molecule has 23 heavy (non-hydrogen) atoms. The Morgan fingerprint density at radius 2 is 0.913 bits per heavy atom. The molecule has 0 aliphatic rings. The molecule has 0 aliphatic carbocycles. The molecule has 0 spiro atoms. The van der Waals surface area contributed by atoms with Gasteiger partial charge in [-0.05, 0) is 12.8 Å². The van der Waals surface area contributed by atoms with Gasteiger partial charge in [0.25, 0.3) is 0 Å². The summed E-state index contributed by atoms with van der Waals surface area (Å²) in [6.45, 7) is 0. The largest absolute Gasteiger partial charge is 0.181 e. The number of hydrogen-bond donors (Lipinski definition) is 0. The van der Waals surface area contributed by atoms with Crippen LogP contribution in [0.25, 0.3) is 0 Å². The van der Waals surface area contributed by atoms with E-state index in [4.69, 9.17) is 40.7 Å². The summed E-state index contributed by atoms with van der Waals surface area (Å²) < 4.78 is 0. The van der Waals surface area contributed by atoms with Crippen LogP contribution in [0.15, 0.2) is 0 Å². The van der Waals surface area contributed by atoms with Crippen molar-refractivity contribution in [1.82, 2.24) is 0 Å². The Morgan fingerprint density at radius 1 is 0.609 bits per heavy atom. The highest BCUT2D eigenvalue weighted by molar-refractivity contribution is 6.80. The maximum Gasteiger partial charge on any atom is 0.109 e. The monoisotopic (exact) mass is 398 g/mol. The van der Waals surface area contributed by atoms with Crippen LogP contribution in [0.3, 0.4) is 0 Å². The third-order valence-electron chi connectivity index (χ3n) is 3.99. The first-order valence-electron chi connectivity index (χ1n) is 9.36. The Kier molecular flexibility index (Phi) is 28.0. The van der Waals surface area contributed by atoms with E-state index in [2.05, 4.69) is 5.92 Å². The van der Waals surface area contributed by atoms with Crippen molar-refractivity contribution < 1.29 is 0 Å². The fourth-order valence-electron chi connectivity index (χ4n) is 2.65. The SMILES string of the molecule is C#CCCCCCCCCCCCCCCCCC(Cl)Cl.[SiH3]Cl. The molecular formula is C19H37Cl3Si. The second-order valence-electron chi connectivity index (χ2n) is 6.08. The maximum atomic E-state index is 5.70. The van der Waals surface area contributed by atoms with Gasteiger partial charge in [-0.25, -0.2) is 0 Å². The fraction of sp³-hybridized carbons (Fsp3) is 0.895. The van der Waals surface area contributed by atoms with Gasteiger partial charge >= 0.3 is 0 Å². The van der Waals surface area contributed by atoms with Gasteiger partial charge in [0, 0.05) is 6.42 Å². The molecule has 4 heteroatoms. The number of terminal acetylenes is 1. The van der Waals surface area contributed by atoms with Crippen LogP contribution in [0.4, 0.5) is 0 Å². The number of alkyl halides is 2. The molecule has 0 nitrogen and oxygen atoms in total. The topological polar surface area (TPSA) is 0 Å². The van der Waals surface area contributed by atoms with E-state index in [1.165, 1.54) is 89.9 Å². The molecule has 138 valence electrons. The van der Waals surface area contributed by atoms with E-state index < -0.39 is 0 Å². The van der Waals surface area contributed by atoms with Crippen LogP contribution >= 0.6 is 34.3 Å². The van der Waals surface area contributed by atoms with E-state index in [0.29, 0.717) is 0 Å². The zero-order valence-electron chi connectivity index (χ0n) is 15.1. The summed E-state index contributed by atoms with van der Waals surface area (Å²) in [5, 5.41) is 0. The molecule has 0 aromatic rings. The molecule has 0 fully saturated rings. The van der Waals surface area contributed by atoms with Gasteiger partial charge in [-0.1, -0.05) is 83.5 Å². The fourth-order valence-corrected chi connectivity index (χ4v) is 2.96. The van der Waals surface area contributed by atoms with Crippen molar-refractivity contribution in [3.63, 3.8) is 0 Å². The Morgan fingerprint density at radius 3 is 1.22 bits per heavy atom. The third-order valence-corrected chi connectivity index (χ3v) is 4.43. The highest BCUT2D eigenvalue weighted by atomic mass is 35.6. The Hall–Kier alpha value is 0.647. The summed E-state index contributed by atoms with van der Waals surface area (Å²) in [4.78, 5) is -0.165. The highest BCUT2D eigenvalue weighted by Crippen LogP contribution is 2.15. The molecule has 0 aromatic heterocycles. The average molecular weight is 400 g/mol. The lowest BCUT2D eigenvalue weighted by Gasteiger charge is -2.03. The first kappa shape index (κ1) is 25.9. The molecule has 0 heterocycles. The number of rotatable bonds is 16. The van der Waals surface area contributed by atoms with Gasteiger partial charge in [0.05, 0.1) is 0 Å². The van der Waals surface area contributed by atoms with Gasteiger partial charge in [0.15, 0.2) is 0 Å². The van der Waals surface area contributed by atoms with Gasteiger partial charge in [-0.15, -0.1) is 35.5 Å². The standard InChI is InChI=1S/C19H34Cl2.ClH3Si/c1-2-3-4-5-6-7-8-9-10-11-12-13-14-15-16-17-18-19(20)21;1-2/h1,19H,3-18H2;2H3. The normalized spacial score (nSPS) is 10.4. The first-order valence-corrected chi connectivity index (χ1v) is 13.3. The number of halogens is 3. The minimum atomic E-state index is -0.165. The first-order chi connectivity index (χ1) is 11.3. The van der Waals surface area contributed by atoms with Gasteiger partial charge in [0.2, 0.25) is 0 Å². The van der Waals surface area contributed by atoms with Crippen LogP contribution in [-0.2, 0) is 0 Å². The molecule has 0 rings (SSSR count). The van der Waals surface area contributed by atoms with Crippen LogP contribution < -0.4 is 0 Å². The summed E-state index contributed by atoms with van der Waals surface area (Å²) in [6, 6.07) is 0. The Bertz CT molecular complexity index is 239. The van der Waals surface area contributed by atoms with Crippen molar-refractivity contribution in [2.45, 2.75) is 108 Å². The summed E-state index contributed by atoms with van der Waals surface area (Å²) in [7, 11) is 0.778. The molecule has 0 unspecified atom stereocenters. The van der Waals surface area contributed by atoms with E-state index >= 15 is 0 Å². The van der Waals surface area contributed by atoms with Gasteiger partial charge in [-0.3, -0.25) is 0 Å². The average Bonchev–Trinajstić information content (AvgIpc) is 2.56. The summed E-state index contributed by atoms with van der Waals surface area (Å²) in [5.74, 6) is 2.71. The van der Waals surface area contributed by atoms with Crippen molar-refractivity contribution in [3.8, 4) is 12.3 Å². The van der Waals surface area contributed by atoms with E-state index in [9.17, 15) is 0 Å². The van der Waals surface area contributed by atoms with Gasteiger partial charge in [-0.2, -0.15) is 11.1 Å². The minimum Gasteiger partial charge on any atom is -0.181 e. The van der Waals surface area contributed by atoms with Crippen molar-refractivity contribution in [3.05, 3.63) is 0 Å². The lowest BCUT2D eigenvalue weighted by Crippen LogP contribution is -1.87. The van der Waals surface area contributed by atoms with Crippen molar-refractivity contribution >= 4 is 43.8 Å². The predicted octanol–water partition coefficient (Wildman–Crippen LogP) is 7.17. The van der Waals surface area contributed by atoms with Crippen molar-refractivity contribution in [1.29, 1.82) is 0 Å². The van der Waals surface area contributed by atoms with Crippen molar-refractivity contribution in [2.24, 2.45) is 0 Å². The lowest BCUT2D eigenvalue weighted by atomic mass is 10.0. The molecule has 0 aliphatic heterocycles. The van der Waals surface area contributed by atoms with Crippen LogP contribution in [0.5, 0.6) is 0 Å². The zero-order valence-corrected chi connectivity index (χ0v) is 19.4. The molecule has 0 amide bonds. The summed E-state index contributed by atoms with van der Waals surface area (Å²) >= 11 is 16.2. The summed E-state index contributed by atoms with van der Waals surface area (Å²) in [6.07, 6.45) is 26.1. The lowest BCUT2D eigenvalue weighted by molar-refractivity contribution is 0.532. The van der Waals surface area contributed by atoms with Crippen LogP contribution in [0.2, 0.25) is 0 Å². The molecular weight excluding hydrogens is 363 g/mol. The smallest absolute Gasteiger partial charge is 0.109 e. The van der Waals surface area contributed by atoms with Crippen LogP contribution in [0.1, 0.15) is 103 Å². The van der Waals surface area contributed by atoms with Crippen molar-refractivity contribution in [2.75, 3.05) is 0 Å². The quantitative estimate of drug-likeness (QED) is 0.0848. The van der Waals surface area contributed by atoms with E-state index in [1.807, 2.05) is 0 Å². The maximum absolute atomic E-state index is 5.70. The molecule has 0 radical (unpaired) electrons. The summed E-state index contributed by atoms with van der Waals surface area (Å²) in [5.41, 5.74) is 0. The van der Waals surface area contributed by atoms with E-state index in [0.717, 1.165) is 22.4 Å². The van der Waals surface area contributed by atoms with E-state index in [1.54, 1.807) is 0 Å². The molecule has 0 saturated carbocycles. The van der Waals surface area contributed by atoms with Gasteiger partial charge in [0.1, 0.15) is 14.4 Å². The van der Waals surface area contributed by atoms with E-state index in [-0.39, 0.29) is 4.84 Å². The molecule has 0 atom stereocenters. The van der Waals surface area contributed by atoms with Crippen LogP contribution in [-0.4, -0.2) is 14.4 Å². The molecule has 0 N–H and O–H groups in total. The molecule has 0 bridgehead atoms. The Balaban J connectivity index is 0. The second kappa shape index (κ2) is 24.9. The van der Waals surface area contributed by atoms with Gasteiger partial charge < -0.3 is 0 Å².